The topological polar surface area (TPSA) is 17.8 Å². The van der Waals surface area contributed by atoms with Gasteiger partial charge in [0.1, 0.15) is 0 Å². The van der Waals surface area contributed by atoms with Crippen molar-refractivity contribution in [1.29, 1.82) is 0 Å². The van der Waals surface area contributed by atoms with E-state index in [1.54, 1.807) is 6.08 Å². The van der Waals surface area contributed by atoms with Crippen molar-refractivity contribution < 1.29 is 0 Å². The molecule has 0 saturated heterocycles. The van der Waals surface area contributed by atoms with Gasteiger partial charge in [-0.1, -0.05) is 37.5 Å². The van der Waals surface area contributed by atoms with Crippen molar-refractivity contribution in [2.75, 3.05) is 0 Å². The standard InChI is InChI=1S/C15H16N2/c1-4-5-6-13(3)10-17-11-16-14-8-7-12(2)9-15(14)17/h4-9,11H,1,3,10H2,2H3/b6-5-. The highest BCUT2D eigenvalue weighted by Crippen LogP contribution is 2.15. The van der Waals surface area contributed by atoms with Crippen molar-refractivity contribution in [3.8, 4) is 0 Å². The number of fused-ring (bicyclic) bond motifs is 1. The molecule has 0 N–H and O–H groups in total. The highest BCUT2D eigenvalue weighted by atomic mass is 15.0. The van der Waals surface area contributed by atoms with Crippen molar-refractivity contribution in [2.45, 2.75) is 13.5 Å². The average molecular weight is 224 g/mol. The van der Waals surface area contributed by atoms with E-state index in [2.05, 4.69) is 41.8 Å². The zero-order valence-electron chi connectivity index (χ0n) is 10.1. The lowest BCUT2D eigenvalue weighted by Gasteiger charge is -2.04. The molecule has 0 aliphatic carbocycles. The van der Waals surface area contributed by atoms with Crippen molar-refractivity contribution >= 4 is 11.0 Å². The zero-order valence-corrected chi connectivity index (χ0v) is 10.1. The summed E-state index contributed by atoms with van der Waals surface area (Å²) in [5.74, 6) is 0. The van der Waals surface area contributed by atoms with Crippen LogP contribution >= 0.6 is 0 Å². The van der Waals surface area contributed by atoms with Gasteiger partial charge in [0.2, 0.25) is 0 Å². The molecule has 2 aromatic rings. The van der Waals surface area contributed by atoms with Gasteiger partial charge in [-0.05, 0) is 30.2 Å². The molecule has 1 heterocycles. The summed E-state index contributed by atoms with van der Waals surface area (Å²) in [5.41, 5.74) is 4.45. The van der Waals surface area contributed by atoms with Gasteiger partial charge in [-0.15, -0.1) is 0 Å². The Balaban J connectivity index is 2.30. The fraction of sp³-hybridized carbons (Fsp3) is 0.133. The van der Waals surface area contributed by atoms with Crippen LogP contribution in [0.15, 0.2) is 61.5 Å². The van der Waals surface area contributed by atoms with E-state index in [1.807, 2.05) is 24.5 Å². The number of imidazole rings is 1. The maximum Gasteiger partial charge on any atom is 0.0961 e. The summed E-state index contributed by atoms with van der Waals surface area (Å²) in [5, 5.41) is 0. The second-order valence-corrected chi connectivity index (χ2v) is 4.12. The van der Waals surface area contributed by atoms with Crippen molar-refractivity contribution in [2.24, 2.45) is 0 Å². The molecule has 0 unspecified atom stereocenters. The maximum absolute atomic E-state index is 4.37. The molecule has 17 heavy (non-hydrogen) atoms. The molecule has 0 aliphatic heterocycles. The second kappa shape index (κ2) is 4.83. The van der Waals surface area contributed by atoms with E-state index in [0.29, 0.717) is 0 Å². The number of nitrogens with zero attached hydrogens (tertiary/aromatic N) is 2. The van der Waals surface area contributed by atoms with E-state index < -0.39 is 0 Å². The summed E-state index contributed by atoms with van der Waals surface area (Å²) in [4.78, 5) is 4.37. The number of allylic oxidation sites excluding steroid dienone is 4. The molecule has 0 radical (unpaired) electrons. The lowest BCUT2D eigenvalue weighted by atomic mass is 10.2. The number of aromatic nitrogens is 2. The van der Waals surface area contributed by atoms with Gasteiger partial charge in [0, 0.05) is 6.54 Å². The van der Waals surface area contributed by atoms with Gasteiger partial charge >= 0.3 is 0 Å². The van der Waals surface area contributed by atoms with Crippen molar-refractivity contribution in [3.63, 3.8) is 0 Å². The molecule has 0 fully saturated rings. The summed E-state index contributed by atoms with van der Waals surface area (Å²) < 4.78 is 2.11. The van der Waals surface area contributed by atoms with E-state index in [9.17, 15) is 0 Å². The molecular weight excluding hydrogens is 208 g/mol. The van der Waals surface area contributed by atoms with E-state index in [4.69, 9.17) is 0 Å². The van der Waals surface area contributed by atoms with Gasteiger partial charge in [0.15, 0.2) is 0 Å². The van der Waals surface area contributed by atoms with Crippen LogP contribution in [0.25, 0.3) is 11.0 Å². The molecule has 2 heteroatoms. The lowest BCUT2D eigenvalue weighted by Crippen LogP contribution is -1.97. The maximum atomic E-state index is 4.37. The minimum atomic E-state index is 0.754. The van der Waals surface area contributed by atoms with Crippen LogP contribution < -0.4 is 0 Å². The summed E-state index contributed by atoms with van der Waals surface area (Å²) >= 11 is 0. The molecule has 1 aromatic heterocycles. The Morgan fingerprint density at radius 1 is 1.47 bits per heavy atom. The van der Waals surface area contributed by atoms with E-state index in [-0.39, 0.29) is 0 Å². The molecule has 2 nitrogen and oxygen atoms in total. The lowest BCUT2D eigenvalue weighted by molar-refractivity contribution is 0.826. The Labute approximate surface area is 102 Å². The average Bonchev–Trinajstić information content (AvgIpc) is 2.69. The number of aryl methyl sites for hydroxylation is 1. The minimum Gasteiger partial charge on any atom is -0.326 e. The number of hydrogen-bond donors (Lipinski definition) is 0. The van der Waals surface area contributed by atoms with Gasteiger partial charge in [-0.25, -0.2) is 4.98 Å². The van der Waals surface area contributed by atoms with Crippen LogP contribution in [0.4, 0.5) is 0 Å². The van der Waals surface area contributed by atoms with Gasteiger partial charge in [-0.2, -0.15) is 0 Å². The number of rotatable bonds is 4. The smallest absolute Gasteiger partial charge is 0.0961 e. The molecule has 0 aliphatic rings. The van der Waals surface area contributed by atoms with Gasteiger partial charge in [0.05, 0.1) is 17.4 Å². The molecular formula is C15H16N2. The van der Waals surface area contributed by atoms with Crippen LogP contribution in [0, 0.1) is 6.92 Å². The fourth-order valence-electron chi connectivity index (χ4n) is 1.77. The Bertz CT molecular complexity index is 588. The SMILES string of the molecule is C=C/C=C\C(=C)Cn1cnc2ccc(C)cc21. The third kappa shape index (κ3) is 2.53. The summed E-state index contributed by atoms with van der Waals surface area (Å²) in [6.07, 6.45) is 7.47. The molecule has 0 bridgehead atoms. The molecule has 0 saturated carbocycles. The molecule has 2 rings (SSSR count). The Kier molecular flexibility index (Phi) is 3.24. The van der Waals surface area contributed by atoms with Crippen LogP contribution in [0.1, 0.15) is 5.56 Å². The molecule has 86 valence electrons. The first-order chi connectivity index (χ1) is 8.20. The monoisotopic (exact) mass is 224 g/mol. The highest BCUT2D eigenvalue weighted by Gasteiger charge is 2.02. The van der Waals surface area contributed by atoms with Crippen LogP contribution in [-0.4, -0.2) is 9.55 Å². The third-order valence-electron chi connectivity index (χ3n) is 2.62. The normalized spacial score (nSPS) is 11.1. The van der Waals surface area contributed by atoms with Crippen LogP contribution in [-0.2, 0) is 6.54 Å². The summed E-state index contributed by atoms with van der Waals surface area (Å²) in [7, 11) is 0. The van der Waals surface area contributed by atoms with Crippen LogP contribution in [0.3, 0.4) is 0 Å². The highest BCUT2D eigenvalue weighted by molar-refractivity contribution is 5.76. The molecule has 0 spiro atoms. The Morgan fingerprint density at radius 2 is 2.29 bits per heavy atom. The largest absolute Gasteiger partial charge is 0.326 e. The quantitative estimate of drug-likeness (QED) is 0.725. The van der Waals surface area contributed by atoms with E-state index in [1.165, 1.54) is 5.56 Å². The van der Waals surface area contributed by atoms with Gasteiger partial charge < -0.3 is 4.57 Å². The van der Waals surface area contributed by atoms with Crippen molar-refractivity contribution in [1.82, 2.24) is 9.55 Å². The number of benzene rings is 1. The first-order valence-electron chi connectivity index (χ1n) is 5.59. The fourth-order valence-corrected chi connectivity index (χ4v) is 1.77. The third-order valence-corrected chi connectivity index (χ3v) is 2.62. The number of hydrogen-bond acceptors (Lipinski definition) is 1. The first kappa shape index (κ1) is 11.4. The van der Waals surface area contributed by atoms with Gasteiger partial charge in [0.25, 0.3) is 0 Å². The molecule has 1 aromatic carbocycles. The van der Waals surface area contributed by atoms with Crippen LogP contribution in [0.5, 0.6) is 0 Å². The van der Waals surface area contributed by atoms with Crippen LogP contribution in [0.2, 0.25) is 0 Å². The molecule has 0 atom stereocenters. The van der Waals surface area contributed by atoms with E-state index in [0.717, 1.165) is 23.2 Å². The zero-order chi connectivity index (χ0) is 12.3. The Hall–Kier alpha value is -2.09. The Morgan fingerprint density at radius 3 is 3.06 bits per heavy atom. The predicted octanol–water partition coefficient (Wildman–Crippen LogP) is 3.64. The second-order valence-electron chi connectivity index (χ2n) is 4.12. The van der Waals surface area contributed by atoms with Crippen molar-refractivity contribution in [3.05, 3.63) is 67.0 Å². The van der Waals surface area contributed by atoms with E-state index >= 15 is 0 Å². The summed E-state index contributed by atoms with van der Waals surface area (Å²) in [6, 6.07) is 6.27. The first-order valence-corrected chi connectivity index (χ1v) is 5.59. The van der Waals surface area contributed by atoms with Gasteiger partial charge in [-0.3, -0.25) is 0 Å². The predicted molar refractivity (Wildman–Crippen MR) is 72.9 cm³/mol. The molecule has 0 amide bonds. The summed E-state index contributed by atoms with van der Waals surface area (Å²) in [6.45, 7) is 10.5. The minimum absolute atomic E-state index is 0.754.